The summed E-state index contributed by atoms with van der Waals surface area (Å²) >= 11 is 1.99. The third-order valence-corrected chi connectivity index (χ3v) is 5.80. The fourth-order valence-electron chi connectivity index (χ4n) is 3.70. The lowest BCUT2D eigenvalue weighted by Crippen LogP contribution is -2.34. The number of rotatable bonds is 9. The smallest absolute Gasteiger partial charge is 0.303 e. The van der Waals surface area contributed by atoms with Gasteiger partial charge in [-0.25, -0.2) is 0 Å². The van der Waals surface area contributed by atoms with Gasteiger partial charge < -0.3 is 14.6 Å². The van der Waals surface area contributed by atoms with E-state index in [0.717, 1.165) is 25.0 Å². The zero-order chi connectivity index (χ0) is 14.8. The van der Waals surface area contributed by atoms with E-state index in [-0.39, 0.29) is 6.42 Å². The minimum absolute atomic E-state index is 0.259. The topological polar surface area (TPSA) is 59.1 Å². The van der Waals surface area contributed by atoms with Gasteiger partial charge >= 0.3 is 5.97 Å². The minimum Gasteiger partial charge on any atom is -0.481 e. The number of carboxylic acid groups (broad SMARTS) is 1. The Morgan fingerprint density at radius 3 is 2.57 bits per heavy atom. The maximum atomic E-state index is 10.5. The molecule has 3 rings (SSSR count). The summed E-state index contributed by atoms with van der Waals surface area (Å²) in [5, 5.41) is 8.61. The van der Waals surface area contributed by atoms with Gasteiger partial charge in [0.15, 0.2) is 0 Å². The first-order chi connectivity index (χ1) is 10.2. The summed E-state index contributed by atoms with van der Waals surface area (Å²) in [5.41, 5.74) is 0. The van der Waals surface area contributed by atoms with Gasteiger partial charge in [-0.15, -0.1) is 0 Å². The lowest BCUT2D eigenvalue weighted by Gasteiger charge is -2.24. The van der Waals surface area contributed by atoms with E-state index in [0.29, 0.717) is 36.3 Å². The van der Waals surface area contributed by atoms with Crippen LogP contribution in [0.1, 0.15) is 32.6 Å². The van der Waals surface area contributed by atoms with Crippen LogP contribution in [0.2, 0.25) is 0 Å². The molecule has 0 unspecified atom stereocenters. The molecule has 0 radical (unpaired) electrons. The van der Waals surface area contributed by atoms with Gasteiger partial charge in [-0.1, -0.05) is 19.1 Å². The van der Waals surface area contributed by atoms with Crippen molar-refractivity contribution in [1.29, 1.82) is 0 Å². The van der Waals surface area contributed by atoms with Gasteiger partial charge in [0.05, 0.1) is 12.2 Å². The number of fused-ring (bicyclic) bond motifs is 5. The molecule has 0 spiro atoms. The fraction of sp³-hybridized carbons (Fsp3) is 0.812. The molecule has 118 valence electrons. The highest BCUT2D eigenvalue weighted by molar-refractivity contribution is 7.99. The van der Waals surface area contributed by atoms with Crippen molar-refractivity contribution in [2.75, 3.05) is 11.5 Å². The van der Waals surface area contributed by atoms with Gasteiger partial charge in [0.1, 0.15) is 12.2 Å². The highest BCUT2D eigenvalue weighted by atomic mass is 32.2. The average Bonchev–Trinajstić information content (AvgIpc) is 3.09. The molecule has 4 nitrogen and oxygen atoms in total. The Hall–Kier alpha value is -0.520. The summed E-state index contributed by atoms with van der Waals surface area (Å²) in [7, 11) is 0. The molecule has 0 saturated carbocycles. The molecule has 3 aliphatic heterocycles. The van der Waals surface area contributed by atoms with Crippen LogP contribution in [0.4, 0.5) is 0 Å². The van der Waals surface area contributed by atoms with Gasteiger partial charge in [-0.3, -0.25) is 4.79 Å². The van der Waals surface area contributed by atoms with Gasteiger partial charge in [0.25, 0.3) is 0 Å². The maximum absolute atomic E-state index is 10.5. The molecule has 3 saturated heterocycles. The number of epoxide rings is 1. The molecule has 0 aromatic heterocycles. The minimum atomic E-state index is -0.710. The van der Waals surface area contributed by atoms with Crippen LogP contribution in [0.5, 0.6) is 0 Å². The summed E-state index contributed by atoms with van der Waals surface area (Å²) in [5.74, 6) is 2.81. The van der Waals surface area contributed by atoms with Crippen molar-refractivity contribution in [2.45, 2.75) is 57.0 Å². The van der Waals surface area contributed by atoms with Crippen LogP contribution < -0.4 is 0 Å². The average molecular weight is 312 g/mol. The Bertz CT molecular complexity index is 411. The van der Waals surface area contributed by atoms with Gasteiger partial charge in [0, 0.05) is 12.3 Å². The number of unbranched alkanes of at least 4 members (excludes halogenated alkanes) is 1. The van der Waals surface area contributed by atoms with Gasteiger partial charge in [-0.2, -0.15) is 11.8 Å². The number of allylic oxidation sites excluding steroid dienone is 2. The molecule has 1 N–H and O–H groups in total. The highest BCUT2D eigenvalue weighted by Crippen LogP contribution is 2.55. The molecular weight excluding hydrogens is 288 g/mol. The first-order valence-corrected chi connectivity index (χ1v) is 9.13. The number of aliphatic carboxylic acids is 1. The van der Waals surface area contributed by atoms with Crippen molar-refractivity contribution >= 4 is 17.7 Å². The van der Waals surface area contributed by atoms with E-state index < -0.39 is 5.97 Å². The van der Waals surface area contributed by atoms with E-state index in [4.69, 9.17) is 14.6 Å². The number of hydrogen-bond acceptors (Lipinski definition) is 4. The second-order valence-electron chi connectivity index (χ2n) is 6.11. The highest BCUT2D eigenvalue weighted by Gasteiger charge is 2.68. The van der Waals surface area contributed by atoms with Crippen LogP contribution >= 0.6 is 11.8 Å². The largest absolute Gasteiger partial charge is 0.481 e. The van der Waals surface area contributed by atoms with Crippen LogP contribution in [-0.2, 0) is 14.3 Å². The molecule has 21 heavy (non-hydrogen) atoms. The number of ether oxygens (including phenoxy) is 2. The summed E-state index contributed by atoms with van der Waals surface area (Å²) < 4.78 is 11.8. The monoisotopic (exact) mass is 312 g/mol. The number of hydrogen-bond donors (Lipinski definition) is 1. The maximum Gasteiger partial charge on any atom is 0.303 e. The summed E-state index contributed by atoms with van der Waals surface area (Å²) in [6.07, 6.45) is 8.59. The second kappa shape index (κ2) is 6.71. The van der Waals surface area contributed by atoms with Crippen molar-refractivity contribution < 1.29 is 19.4 Å². The van der Waals surface area contributed by atoms with E-state index in [1.807, 2.05) is 11.8 Å². The molecule has 0 aliphatic carbocycles. The van der Waals surface area contributed by atoms with E-state index in [1.54, 1.807) is 0 Å². The first-order valence-electron chi connectivity index (χ1n) is 7.97. The third kappa shape index (κ3) is 3.30. The summed E-state index contributed by atoms with van der Waals surface area (Å²) in [6.45, 7) is 2.20. The third-order valence-electron chi connectivity index (χ3n) is 4.77. The standard InChI is InChI=1S/C16H24O4S/c1-2-21-9-11-10(7-5-3-4-6-8-12(17)18)13-15-16(20-15)14(11)19-13/h3,5,10-11,13-16H,2,4,6-9H2,1H3,(H,17,18)/b5-3-/t10-,11+,13+,14-,15-,16+/m0/s1. The normalized spacial score (nSPS) is 39.9. The molecule has 3 fully saturated rings. The Morgan fingerprint density at radius 2 is 1.86 bits per heavy atom. The Labute approximate surface area is 130 Å². The number of carbonyl (C=O) groups is 1. The van der Waals surface area contributed by atoms with E-state index in [2.05, 4.69) is 19.1 Å². The first kappa shape index (κ1) is 15.4. The Morgan fingerprint density at radius 1 is 1.14 bits per heavy atom. The van der Waals surface area contributed by atoms with E-state index in [1.165, 1.54) is 5.75 Å². The van der Waals surface area contributed by atoms with Crippen molar-refractivity contribution in [1.82, 2.24) is 0 Å². The predicted octanol–water partition coefficient (Wildman–Crippen LogP) is 2.72. The van der Waals surface area contributed by atoms with Crippen LogP contribution in [0.3, 0.4) is 0 Å². The lowest BCUT2D eigenvalue weighted by atomic mass is 9.78. The van der Waals surface area contributed by atoms with Crippen LogP contribution in [0, 0.1) is 11.8 Å². The van der Waals surface area contributed by atoms with Gasteiger partial charge in [0.2, 0.25) is 0 Å². The zero-order valence-electron chi connectivity index (χ0n) is 12.4. The molecule has 2 bridgehead atoms. The van der Waals surface area contributed by atoms with Crippen LogP contribution in [0.25, 0.3) is 0 Å². The van der Waals surface area contributed by atoms with Crippen molar-refractivity contribution in [3.8, 4) is 0 Å². The SMILES string of the molecule is CCSC[C@@H]1[C@H](C/C=C\CCCC(=O)O)[C@H]2O[C@@H]1[C@H]1O[C@H]12. The second-order valence-corrected chi connectivity index (χ2v) is 7.43. The molecule has 6 atom stereocenters. The van der Waals surface area contributed by atoms with Crippen LogP contribution in [0.15, 0.2) is 12.2 Å². The van der Waals surface area contributed by atoms with E-state index >= 15 is 0 Å². The summed E-state index contributed by atoms with van der Waals surface area (Å²) in [6, 6.07) is 0. The van der Waals surface area contributed by atoms with Crippen LogP contribution in [-0.4, -0.2) is 47.0 Å². The molecule has 3 aliphatic rings. The van der Waals surface area contributed by atoms with Crippen molar-refractivity contribution in [2.24, 2.45) is 11.8 Å². The zero-order valence-corrected chi connectivity index (χ0v) is 13.3. The van der Waals surface area contributed by atoms with Crippen molar-refractivity contribution in [3.63, 3.8) is 0 Å². The molecule has 0 aromatic carbocycles. The molecule has 5 heteroatoms. The van der Waals surface area contributed by atoms with Gasteiger partial charge in [-0.05, 0) is 36.7 Å². The Kier molecular flexibility index (Phi) is 4.92. The fourth-order valence-corrected chi connectivity index (χ4v) is 4.65. The van der Waals surface area contributed by atoms with E-state index in [9.17, 15) is 4.79 Å². The number of thioether (sulfide) groups is 1. The predicted molar refractivity (Wildman–Crippen MR) is 82.5 cm³/mol. The molecule has 3 heterocycles. The quantitative estimate of drug-likeness (QED) is 0.403. The Balaban J connectivity index is 1.46. The van der Waals surface area contributed by atoms with Crippen molar-refractivity contribution in [3.05, 3.63) is 12.2 Å². The molecule has 0 amide bonds. The number of carboxylic acids is 1. The molecular formula is C16H24O4S. The molecule has 0 aromatic rings. The lowest BCUT2D eigenvalue weighted by molar-refractivity contribution is -0.137. The summed E-state index contributed by atoms with van der Waals surface area (Å²) in [4.78, 5) is 10.5.